The highest BCUT2D eigenvalue weighted by Gasteiger charge is 2.29. The van der Waals surface area contributed by atoms with Gasteiger partial charge in [0.1, 0.15) is 0 Å². The van der Waals surface area contributed by atoms with Crippen LogP contribution in [-0.4, -0.2) is 41.8 Å². The van der Waals surface area contributed by atoms with E-state index in [0.29, 0.717) is 5.56 Å². The second kappa shape index (κ2) is 7.82. The molecule has 1 atom stereocenters. The molecule has 0 fully saturated rings. The monoisotopic (exact) mass is 390 g/mol. The number of fused-ring (bicyclic) bond motifs is 1. The van der Waals surface area contributed by atoms with Gasteiger partial charge < -0.3 is 4.90 Å². The zero-order chi connectivity index (χ0) is 19.6. The lowest BCUT2D eigenvalue weighted by atomic mass is 9.91. The van der Waals surface area contributed by atoms with Crippen molar-refractivity contribution in [1.82, 2.24) is 19.4 Å². The van der Waals surface area contributed by atoms with Crippen LogP contribution in [-0.2, 0) is 30.0 Å². The third-order valence-electron chi connectivity index (χ3n) is 5.21. The summed E-state index contributed by atoms with van der Waals surface area (Å²) in [5.41, 5.74) is 3.74. The molecular formula is C19H26N4O3S. The van der Waals surface area contributed by atoms with E-state index in [0.717, 1.165) is 30.4 Å². The van der Waals surface area contributed by atoms with Gasteiger partial charge in [0.05, 0.1) is 18.0 Å². The SMILES string of the molecule is CCS(=O)(=O)NCc1ccc(C(=O)N(C)C2CCCc3c2cnn3C)cc1. The second-order valence-electron chi connectivity index (χ2n) is 6.92. The minimum Gasteiger partial charge on any atom is -0.335 e. The first-order valence-corrected chi connectivity index (χ1v) is 10.8. The van der Waals surface area contributed by atoms with Crippen molar-refractivity contribution in [2.45, 2.75) is 38.8 Å². The highest BCUT2D eigenvalue weighted by atomic mass is 32.2. The van der Waals surface area contributed by atoms with E-state index < -0.39 is 10.0 Å². The van der Waals surface area contributed by atoms with E-state index in [9.17, 15) is 13.2 Å². The molecule has 146 valence electrons. The number of carbonyl (C=O) groups is 1. The molecule has 3 rings (SSSR count). The van der Waals surface area contributed by atoms with E-state index >= 15 is 0 Å². The Kier molecular flexibility index (Phi) is 5.67. The molecule has 8 heteroatoms. The molecule has 1 aromatic carbocycles. The van der Waals surface area contributed by atoms with Crippen LogP contribution in [0.2, 0.25) is 0 Å². The van der Waals surface area contributed by atoms with Crippen LogP contribution in [0.25, 0.3) is 0 Å². The van der Waals surface area contributed by atoms with Crippen molar-refractivity contribution in [3.05, 3.63) is 52.8 Å². The summed E-state index contributed by atoms with van der Waals surface area (Å²) in [6, 6.07) is 7.11. The number of rotatable bonds is 6. The van der Waals surface area contributed by atoms with Gasteiger partial charge in [0, 0.05) is 37.5 Å². The third kappa shape index (κ3) is 4.22. The molecule has 1 aromatic heterocycles. The maximum atomic E-state index is 12.9. The smallest absolute Gasteiger partial charge is 0.254 e. The minimum absolute atomic E-state index is 0.0333. The molecule has 7 nitrogen and oxygen atoms in total. The van der Waals surface area contributed by atoms with Crippen LogP contribution < -0.4 is 4.72 Å². The lowest BCUT2D eigenvalue weighted by Crippen LogP contribution is -2.33. The van der Waals surface area contributed by atoms with Gasteiger partial charge in [0.25, 0.3) is 5.91 Å². The third-order valence-corrected chi connectivity index (χ3v) is 6.55. The van der Waals surface area contributed by atoms with E-state index in [-0.39, 0.29) is 24.2 Å². The van der Waals surface area contributed by atoms with Crippen LogP contribution in [0.15, 0.2) is 30.5 Å². The van der Waals surface area contributed by atoms with Crippen LogP contribution in [0, 0.1) is 0 Å². The molecule has 1 heterocycles. The van der Waals surface area contributed by atoms with Gasteiger partial charge in [0.2, 0.25) is 10.0 Å². The molecule has 1 aliphatic rings. The Hall–Kier alpha value is -2.19. The Morgan fingerprint density at radius 1 is 1.33 bits per heavy atom. The van der Waals surface area contributed by atoms with Gasteiger partial charge in [-0.3, -0.25) is 9.48 Å². The van der Waals surface area contributed by atoms with E-state index in [4.69, 9.17) is 0 Å². The van der Waals surface area contributed by atoms with Gasteiger partial charge in [-0.1, -0.05) is 12.1 Å². The van der Waals surface area contributed by atoms with Crippen molar-refractivity contribution in [1.29, 1.82) is 0 Å². The summed E-state index contributed by atoms with van der Waals surface area (Å²) in [7, 11) is 0.539. The quantitative estimate of drug-likeness (QED) is 0.818. The summed E-state index contributed by atoms with van der Waals surface area (Å²) in [5, 5.41) is 4.34. The summed E-state index contributed by atoms with van der Waals surface area (Å²) >= 11 is 0. The van der Waals surface area contributed by atoms with Crippen LogP contribution in [0.3, 0.4) is 0 Å². The first-order valence-electron chi connectivity index (χ1n) is 9.16. The zero-order valence-electron chi connectivity index (χ0n) is 16.0. The summed E-state index contributed by atoms with van der Waals surface area (Å²) < 4.78 is 27.5. The molecule has 1 aliphatic carbocycles. The average molecular weight is 391 g/mol. The molecule has 0 aliphatic heterocycles. The van der Waals surface area contributed by atoms with E-state index in [1.165, 1.54) is 5.69 Å². The molecule has 2 aromatic rings. The van der Waals surface area contributed by atoms with E-state index in [1.807, 2.05) is 25.0 Å². The van der Waals surface area contributed by atoms with E-state index in [1.54, 1.807) is 36.1 Å². The van der Waals surface area contributed by atoms with Crippen LogP contribution in [0.1, 0.15) is 53.0 Å². The van der Waals surface area contributed by atoms with Crippen molar-refractivity contribution in [3.8, 4) is 0 Å². The Morgan fingerprint density at radius 2 is 2.04 bits per heavy atom. The van der Waals surface area contributed by atoms with Gasteiger partial charge in [-0.25, -0.2) is 13.1 Å². The summed E-state index contributed by atoms with van der Waals surface area (Å²) in [5.74, 6) is 0.00362. The van der Waals surface area contributed by atoms with Crippen LogP contribution >= 0.6 is 0 Å². The summed E-state index contributed by atoms with van der Waals surface area (Å²) in [4.78, 5) is 14.7. The van der Waals surface area contributed by atoms with Gasteiger partial charge in [-0.05, 0) is 43.9 Å². The normalized spacial score (nSPS) is 16.8. The molecule has 0 saturated heterocycles. The molecule has 0 radical (unpaired) electrons. The number of aryl methyl sites for hydroxylation is 1. The number of amides is 1. The van der Waals surface area contributed by atoms with Crippen molar-refractivity contribution in [3.63, 3.8) is 0 Å². The lowest BCUT2D eigenvalue weighted by molar-refractivity contribution is 0.0714. The molecule has 1 N–H and O–H groups in total. The number of hydrogen-bond acceptors (Lipinski definition) is 4. The van der Waals surface area contributed by atoms with Crippen LogP contribution in [0.5, 0.6) is 0 Å². The van der Waals surface area contributed by atoms with Crippen molar-refractivity contribution in [2.75, 3.05) is 12.8 Å². The maximum Gasteiger partial charge on any atom is 0.254 e. The first-order chi connectivity index (χ1) is 12.8. The van der Waals surface area contributed by atoms with Gasteiger partial charge >= 0.3 is 0 Å². The van der Waals surface area contributed by atoms with E-state index in [2.05, 4.69) is 9.82 Å². The lowest BCUT2D eigenvalue weighted by Gasteiger charge is -2.31. The molecule has 0 saturated carbocycles. The van der Waals surface area contributed by atoms with Gasteiger partial charge in [0.15, 0.2) is 0 Å². The first kappa shape index (κ1) is 19.6. The number of nitrogens with zero attached hydrogens (tertiary/aromatic N) is 3. The van der Waals surface area contributed by atoms with Gasteiger partial charge in [-0.15, -0.1) is 0 Å². The summed E-state index contributed by atoms with van der Waals surface area (Å²) in [6.45, 7) is 1.82. The molecular weight excluding hydrogens is 364 g/mol. The van der Waals surface area contributed by atoms with Crippen LogP contribution in [0.4, 0.5) is 0 Å². The fraction of sp³-hybridized carbons (Fsp3) is 0.474. The number of nitrogens with one attached hydrogen (secondary N) is 1. The number of aromatic nitrogens is 2. The van der Waals surface area contributed by atoms with Crippen molar-refractivity contribution in [2.24, 2.45) is 7.05 Å². The number of carbonyl (C=O) groups excluding carboxylic acids is 1. The highest BCUT2D eigenvalue weighted by Crippen LogP contribution is 2.33. The predicted molar refractivity (Wildman–Crippen MR) is 104 cm³/mol. The zero-order valence-corrected chi connectivity index (χ0v) is 16.8. The maximum absolute atomic E-state index is 12.9. The predicted octanol–water partition coefficient (Wildman–Crippen LogP) is 2.01. The molecule has 0 spiro atoms. The fourth-order valence-corrected chi connectivity index (χ4v) is 4.08. The highest BCUT2D eigenvalue weighted by molar-refractivity contribution is 7.89. The number of hydrogen-bond donors (Lipinski definition) is 1. The largest absolute Gasteiger partial charge is 0.335 e. The Morgan fingerprint density at radius 3 is 2.70 bits per heavy atom. The molecule has 0 bridgehead atoms. The average Bonchev–Trinajstić information content (AvgIpc) is 3.07. The topological polar surface area (TPSA) is 84.3 Å². The Balaban J connectivity index is 1.71. The molecule has 27 heavy (non-hydrogen) atoms. The van der Waals surface area contributed by atoms with Gasteiger partial charge in [-0.2, -0.15) is 5.10 Å². The summed E-state index contributed by atoms with van der Waals surface area (Å²) in [6.07, 6.45) is 4.82. The Labute approximate surface area is 160 Å². The Bertz CT molecular complexity index is 919. The van der Waals surface area contributed by atoms with Crippen molar-refractivity contribution >= 4 is 15.9 Å². The minimum atomic E-state index is -3.23. The molecule has 1 unspecified atom stereocenters. The number of benzene rings is 1. The molecule has 1 amide bonds. The number of sulfonamides is 1. The fourth-order valence-electron chi connectivity index (χ4n) is 3.49. The van der Waals surface area contributed by atoms with Crippen molar-refractivity contribution < 1.29 is 13.2 Å². The second-order valence-corrected chi connectivity index (χ2v) is 9.01. The standard InChI is InChI=1S/C19H26N4O3S/c1-4-27(25,26)21-12-14-8-10-15(11-9-14)19(24)22(2)17-6-5-7-18-16(17)13-20-23(18)3/h8-11,13,17,21H,4-7,12H2,1-3H3.